The molecule has 0 aliphatic carbocycles. The van der Waals surface area contributed by atoms with Gasteiger partial charge in [-0.25, -0.2) is 0 Å². The summed E-state index contributed by atoms with van der Waals surface area (Å²) in [4.78, 5) is 4.43. The van der Waals surface area contributed by atoms with Crippen LogP contribution in [0.1, 0.15) is 30.6 Å². The highest BCUT2D eigenvalue weighted by molar-refractivity contribution is 5.15. The lowest BCUT2D eigenvalue weighted by Gasteiger charge is -2.06. The molecule has 0 amide bonds. The summed E-state index contributed by atoms with van der Waals surface area (Å²) in [5, 5.41) is 7.23. The Morgan fingerprint density at radius 3 is 2.68 bits per heavy atom. The second-order valence-corrected chi connectivity index (χ2v) is 4.82. The van der Waals surface area contributed by atoms with Gasteiger partial charge in [0.1, 0.15) is 0 Å². The van der Waals surface area contributed by atoms with E-state index in [1.54, 1.807) is 0 Å². The van der Waals surface area contributed by atoms with Crippen molar-refractivity contribution in [2.75, 3.05) is 7.05 Å². The van der Waals surface area contributed by atoms with Gasteiger partial charge in [-0.2, -0.15) is 4.98 Å². The summed E-state index contributed by atoms with van der Waals surface area (Å²) in [5.41, 5.74) is 1.30. The van der Waals surface area contributed by atoms with E-state index in [1.165, 1.54) is 5.56 Å². The molecule has 0 spiro atoms. The van der Waals surface area contributed by atoms with Crippen molar-refractivity contribution < 1.29 is 4.52 Å². The van der Waals surface area contributed by atoms with Gasteiger partial charge in [0, 0.05) is 18.9 Å². The molecule has 0 aliphatic heterocycles. The quantitative estimate of drug-likeness (QED) is 0.829. The molecule has 0 saturated heterocycles. The largest absolute Gasteiger partial charge is 0.339 e. The molecular weight excluding hydrogens is 238 g/mol. The number of hydrogen-bond donors (Lipinski definition) is 1. The van der Waals surface area contributed by atoms with E-state index in [2.05, 4.69) is 46.6 Å². The zero-order valence-electron chi connectivity index (χ0n) is 11.6. The smallest absolute Gasteiger partial charge is 0.226 e. The SMILES string of the molecule is CNC(C)CCc1nc(CCc2ccccc2)no1. The molecule has 4 heteroatoms. The third kappa shape index (κ3) is 4.48. The third-order valence-electron chi connectivity index (χ3n) is 3.27. The monoisotopic (exact) mass is 259 g/mol. The maximum Gasteiger partial charge on any atom is 0.226 e. The predicted molar refractivity (Wildman–Crippen MR) is 75.0 cm³/mol. The van der Waals surface area contributed by atoms with Crippen LogP contribution < -0.4 is 5.32 Å². The third-order valence-corrected chi connectivity index (χ3v) is 3.27. The molecule has 2 rings (SSSR count). The van der Waals surface area contributed by atoms with Crippen molar-refractivity contribution in [1.29, 1.82) is 0 Å². The maximum absolute atomic E-state index is 5.26. The van der Waals surface area contributed by atoms with E-state index in [-0.39, 0.29) is 0 Å². The van der Waals surface area contributed by atoms with E-state index in [4.69, 9.17) is 4.52 Å². The lowest BCUT2D eigenvalue weighted by molar-refractivity contribution is 0.364. The van der Waals surface area contributed by atoms with E-state index in [1.807, 2.05) is 13.1 Å². The molecule has 0 bridgehead atoms. The zero-order valence-corrected chi connectivity index (χ0v) is 11.6. The minimum Gasteiger partial charge on any atom is -0.339 e. The van der Waals surface area contributed by atoms with Crippen LogP contribution in [0.2, 0.25) is 0 Å². The van der Waals surface area contributed by atoms with Crippen LogP contribution in [0.3, 0.4) is 0 Å². The molecule has 1 atom stereocenters. The van der Waals surface area contributed by atoms with Crippen LogP contribution in [-0.2, 0) is 19.3 Å². The van der Waals surface area contributed by atoms with Crippen molar-refractivity contribution in [2.45, 2.75) is 38.6 Å². The first-order chi connectivity index (χ1) is 9.28. The average Bonchev–Trinajstić information content (AvgIpc) is 2.91. The Hall–Kier alpha value is -1.68. The lowest BCUT2D eigenvalue weighted by atomic mass is 10.1. The van der Waals surface area contributed by atoms with Gasteiger partial charge in [-0.05, 0) is 32.4 Å². The minimum absolute atomic E-state index is 0.472. The molecule has 19 heavy (non-hydrogen) atoms. The summed E-state index contributed by atoms with van der Waals surface area (Å²) in [5.74, 6) is 1.54. The Labute approximate surface area is 114 Å². The van der Waals surface area contributed by atoms with E-state index >= 15 is 0 Å². The molecule has 0 radical (unpaired) electrons. The standard InChI is InChI=1S/C15H21N3O/c1-12(16-2)8-11-15-17-14(18-19-15)10-9-13-6-4-3-5-7-13/h3-7,12,16H,8-11H2,1-2H3. The molecule has 0 fully saturated rings. The van der Waals surface area contributed by atoms with Crippen molar-refractivity contribution in [3.8, 4) is 0 Å². The number of rotatable bonds is 7. The van der Waals surface area contributed by atoms with Crippen LogP contribution in [0.5, 0.6) is 0 Å². The Bertz CT molecular complexity index is 481. The molecule has 0 saturated carbocycles. The van der Waals surface area contributed by atoms with E-state index in [0.717, 1.165) is 37.4 Å². The molecule has 0 aliphatic rings. The first-order valence-electron chi connectivity index (χ1n) is 6.80. The summed E-state index contributed by atoms with van der Waals surface area (Å²) in [6, 6.07) is 10.8. The van der Waals surface area contributed by atoms with Crippen molar-refractivity contribution in [3.63, 3.8) is 0 Å². The number of aromatic nitrogens is 2. The normalized spacial score (nSPS) is 12.5. The summed E-state index contributed by atoms with van der Waals surface area (Å²) in [6.07, 6.45) is 3.62. The highest BCUT2D eigenvalue weighted by Gasteiger charge is 2.08. The highest BCUT2D eigenvalue weighted by Crippen LogP contribution is 2.07. The van der Waals surface area contributed by atoms with Crippen molar-refractivity contribution in [3.05, 3.63) is 47.6 Å². The van der Waals surface area contributed by atoms with Crippen LogP contribution >= 0.6 is 0 Å². The minimum atomic E-state index is 0.472. The van der Waals surface area contributed by atoms with Gasteiger partial charge in [-0.15, -0.1) is 0 Å². The summed E-state index contributed by atoms with van der Waals surface area (Å²) >= 11 is 0. The topological polar surface area (TPSA) is 51.0 Å². The molecular formula is C15H21N3O. The number of nitrogens with zero attached hydrogens (tertiary/aromatic N) is 2. The first kappa shape index (κ1) is 13.7. The number of nitrogens with one attached hydrogen (secondary N) is 1. The van der Waals surface area contributed by atoms with Crippen molar-refractivity contribution >= 4 is 0 Å². The van der Waals surface area contributed by atoms with Crippen LogP contribution in [0.15, 0.2) is 34.9 Å². The molecule has 1 aromatic carbocycles. The first-order valence-corrected chi connectivity index (χ1v) is 6.80. The second-order valence-electron chi connectivity index (χ2n) is 4.82. The van der Waals surface area contributed by atoms with Crippen molar-refractivity contribution in [2.24, 2.45) is 0 Å². The second kappa shape index (κ2) is 7.04. The summed E-state index contributed by atoms with van der Waals surface area (Å²) < 4.78 is 5.26. The fraction of sp³-hybridized carbons (Fsp3) is 0.467. The fourth-order valence-electron chi connectivity index (χ4n) is 1.88. The molecule has 2 aromatic rings. The predicted octanol–water partition coefficient (Wildman–Crippen LogP) is 2.40. The zero-order chi connectivity index (χ0) is 13.5. The molecule has 1 aromatic heterocycles. The average molecular weight is 259 g/mol. The van der Waals surface area contributed by atoms with Gasteiger partial charge in [0.25, 0.3) is 0 Å². The van der Waals surface area contributed by atoms with Gasteiger partial charge in [0.05, 0.1) is 0 Å². The van der Waals surface area contributed by atoms with E-state index in [9.17, 15) is 0 Å². The van der Waals surface area contributed by atoms with Crippen LogP contribution in [-0.4, -0.2) is 23.2 Å². The van der Waals surface area contributed by atoms with Crippen molar-refractivity contribution in [1.82, 2.24) is 15.5 Å². The number of hydrogen-bond acceptors (Lipinski definition) is 4. The fourth-order valence-corrected chi connectivity index (χ4v) is 1.88. The number of aryl methyl sites for hydroxylation is 3. The highest BCUT2D eigenvalue weighted by atomic mass is 16.5. The van der Waals surface area contributed by atoms with Gasteiger partial charge in [0.15, 0.2) is 5.82 Å². The Morgan fingerprint density at radius 1 is 1.16 bits per heavy atom. The molecule has 1 N–H and O–H groups in total. The molecule has 1 unspecified atom stereocenters. The Balaban J connectivity index is 1.81. The molecule has 102 valence electrons. The van der Waals surface area contributed by atoms with Crippen LogP contribution in [0.4, 0.5) is 0 Å². The summed E-state index contributed by atoms with van der Waals surface area (Å²) in [6.45, 7) is 2.15. The van der Waals surface area contributed by atoms with Gasteiger partial charge >= 0.3 is 0 Å². The van der Waals surface area contributed by atoms with E-state index in [0.29, 0.717) is 6.04 Å². The van der Waals surface area contributed by atoms with Crippen LogP contribution in [0, 0.1) is 0 Å². The molecule has 4 nitrogen and oxygen atoms in total. The van der Waals surface area contributed by atoms with Gasteiger partial charge < -0.3 is 9.84 Å². The van der Waals surface area contributed by atoms with E-state index < -0.39 is 0 Å². The summed E-state index contributed by atoms with van der Waals surface area (Å²) in [7, 11) is 1.96. The van der Waals surface area contributed by atoms with Gasteiger partial charge in [-0.3, -0.25) is 0 Å². The van der Waals surface area contributed by atoms with Gasteiger partial charge in [0.2, 0.25) is 5.89 Å². The van der Waals surface area contributed by atoms with Crippen LogP contribution in [0.25, 0.3) is 0 Å². The Morgan fingerprint density at radius 2 is 1.95 bits per heavy atom. The maximum atomic E-state index is 5.26. The molecule has 1 heterocycles. The lowest BCUT2D eigenvalue weighted by Crippen LogP contribution is -2.21. The Kier molecular flexibility index (Phi) is 5.10. The number of benzene rings is 1. The van der Waals surface area contributed by atoms with Gasteiger partial charge in [-0.1, -0.05) is 35.5 Å².